The lowest BCUT2D eigenvalue weighted by Crippen LogP contribution is -2.24. The Morgan fingerprint density at radius 1 is 1.17 bits per heavy atom. The van der Waals surface area contributed by atoms with Crippen LogP contribution in [-0.2, 0) is 6.61 Å². The normalized spacial score (nSPS) is 18.2. The number of ether oxygens (including phenoxy) is 1. The van der Waals surface area contributed by atoms with Crippen molar-refractivity contribution in [1.29, 1.82) is 0 Å². The van der Waals surface area contributed by atoms with Gasteiger partial charge < -0.3 is 4.74 Å². The van der Waals surface area contributed by atoms with Crippen LogP contribution in [0.25, 0.3) is 0 Å². The van der Waals surface area contributed by atoms with Crippen molar-refractivity contribution in [3.63, 3.8) is 0 Å². The van der Waals surface area contributed by atoms with Crippen molar-refractivity contribution in [1.82, 2.24) is 9.88 Å². The van der Waals surface area contributed by atoms with E-state index in [1.807, 2.05) is 30.5 Å². The van der Waals surface area contributed by atoms with Crippen LogP contribution < -0.4 is 4.74 Å². The van der Waals surface area contributed by atoms with E-state index in [4.69, 9.17) is 4.74 Å². The summed E-state index contributed by atoms with van der Waals surface area (Å²) in [6, 6.07) is 14.9. The molecule has 3 heteroatoms. The van der Waals surface area contributed by atoms with E-state index < -0.39 is 0 Å². The zero-order valence-corrected chi connectivity index (χ0v) is 13.9. The van der Waals surface area contributed by atoms with Crippen molar-refractivity contribution in [2.75, 3.05) is 13.1 Å². The van der Waals surface area contributed by atoms with Crippen molar-refractivity contribution < 1.29 is 4.74 Å². The Kier molecular flexibility index (Phi) is 5.65. The van der Waals surface area contributed by atoms with E-state index in [0.29, 0.717) is 18.5 Å². The summed E-state index contributed by atoms with van der Waals surface area (Å²) in [6.07, 6.45) is 7.07. The fourth-order valence-electron chi connectivity index (χ4n) is 3.24. The van der Waals surface area contributed by atoms with Gasteiger partial charge in [-0.05, 0) is 43.5 Å². The Labute approximate surface area is 139 Å². The van der Waals surface area contributed by atoms with Gasteiger partial charge in [0, 0.05) is 18.3 Å². The van der Waals surface area contributed by atoms with E-state index in [-0.39, 0.29) is 0 Å². The molecule has 1 saturated heterocycles. The van der Waals surface area contributed by atoms with Crippen molar-refractivity contribution in [3.8, 4) is 5.88 Å². The SMILES string of the molecule is CCCCN1CCC[C@@H]1c1ccc(OCc2ccccc2)nc1. The number of pyridine rings is 1. The summed E-state index contributed by atoms with van der Waals surface area (Å²) < 4.78 is 5.78. The van der Waals surface area contributed by atoms with Gasteiger partial charge in [0.25, 0.3) is 0 Å². The smallest absolute Gasteiger partial charge is 0.213 e. The molecular weight excluding hydrogens is 284 g/mol. The van der Waals surface area contributed by atoms with E-state index in [1.165, 1.54) is 49.9 Å². The number of hydrogen-bond donors (Lipinski definition) is 0. The Morgan fingerprint density at radius 3 is 2.78 bits per heavy atom. The topological polar surface area (TPSA) is 25.4 Å². The molecule has 1 aromatic carbocycles. The van der Waals surface area contributed by atoms with Gasteiger partial charge in [-0.2, -0.15) is 0 Å². The highest BCUT2D eigenvalue weighted by Crippen LogP contribution is 2.32. The second kappa shape index (κ2) is 8.11. The van der Waals surface area contributed by atoms with Gasteiger partial charge in [0.2, 0.25) is 5.88 Å². The first-order chi connectivity index (χ1) is 11.4. The Morgan fingerprint density at radius 2 is 2.04 bits per heavy atom. The largest absolute Gasteiger partial charge is 0.473 e. The second-order valence-electron chi connectivity index (χ2n) is 6.25. The van der Waals surface area contributed by atoms with Crippen LogP contribution in [0.15, 0.2) is 48.7 Å². The molecule has 0 N–H and O–H groups in total. The van der Waals surface area contributed by atoms with Gasteiger partial charge in [0.15, 0.2) is 0 Å². The zero-order valence-electron chi connectivity index (χ0n) is 13.9. The minimum Gasteiger partial charge on any atom is -0.473 e. The summed E-state index contributed by atoms with van der Waals surface area (Å²) in [6.45, 7) is 5.25. The lowest BCUT2D eigenvalue weighted by atomic mass is 10.1. The van der Waals surface area contributed by atoms with Gasteiger partial charge in [-0.3, -0.25) is 4.90 Å². The van der Waals surface area contributed by atoms with Crippen LogP contribution in [0.5, 0.6) is 5.88 Å². The third-order valence-electron chi connectivity index (χ3n) is 4.54. The van der Waals surface area contributed by atoms with Crippen LogP contribution in [0.4, 0.5) is 0 Å². The monoisotopic (exact) mass is 310 g/mol. The van der Waals surface area contributed by atoms with Gasteiger partial charge in [-0.25, -0.2) is 4.98 Å². The molecule has 3 rings (SSSR count). The Balaban J connectivity index is 1.58. The van der Waals surface area contributed by atoms with Crippen LogP contribution in [0.3, 0.4) is 0 Å². The van der Waals surface area contributed by atoms with Crippen molar-refractivity contribution >= 4 is 0 Å². The molecule has 0 aliphatic carbocycles. The molecule has 23 heavy (non-hydrogen) atoms. The first kappa shape index (κ1) is 16.0. The molecule has 1 fully saturated rings. The molecule has 0 unspecified atom stereocenters. The molecule has 0 saturated carbocycles. The van der Waals surface area contributed by atoms with E-state index in [9.17, 15) is 0 Å². The predicted octanol–water partition coefficient (Wildman–Crippen LogP) is 4.60. The summed E-state index contributed by atoms with van der Waals surface area (Å²) in [4.78, 5) is 7.11. The zero-order chi connectivity index (χ0) is 15.9. The maximum atomic E-state index is 5.78. The average molecular weight is 310 g/mol. The number of benzene rings is 1. The maximum Gasteiger partial charge on any atom is 0.213 e. The molecule has 1 aliphatic heterocycles. The van der Waals surface area contributed by atoms with Crippen LogP contribution in [0.1, 0.15) is 49.8 Å². The van der Waals surface area contributed by atoms with Gasteiger partial charge in [-0.15, -0.1) is 0 Å². The fourth-order valence-corrected chi connectivity index (χ4v) is 3.24. The average Bonchev–Trinajstić information content (AvgIpc) is 3.08. The first-order valence-electron chi connectivity index (χ1n) is 8.73. The van der Waals surface area contributed by atoms with Crippen LogP contribution in [0.2, 0.25) is 0 Å². The number of aromatic nitrogens is 1. The molecule has 0 bridgehead atoms. The van der Waals surface area contributed by atoms with Crippen LogP contribution >= 0.6 is 0 Å². The van der Waals surface area contributed by atoms with E-state index in [2.05, 4.69) is 35.0 Å². The highest BCUT2D eigenvalue weighted by molar-refractivity contribution is 5.22. The molecule has 0 spiro atoms. The summed E-state index contributed by atoms with van der Waals surface area (Å²) in [5, 5.41) is 0. The molecule has 1 atom stereocenters. The lowest BCUT2D eigenvalue weighted by molar-refractivity contribution is 0.252. The second-order valence-corrected chi connectivity index (χ2v) is 6.25. The van der Waals surface area contributed by atoms with Crippen molar-refractivity contribution in [2.45, 2.75) is 45.3 Å². The van der Waals surface area contributed by atoms with Crippen LogP contribution in [0, 0.1) is 0 Å². The van der Waals surface area contributed by atoms with Gasteiger partial charge >= 0.3 is 0 Å². The molecule has 0 amide bonds. The first-order valence-corrected chi connectivity index (χ1v) is 8.73. The number of unbranched alkanes of at least 4 members (excludes halogenated alkanes) is 1. The predicted molar refractivity (Wildman–Crippen MR) is 93.5 cm³/mol. The quantitative estimate of drug-likeness (QED) is 0.747. The van der Waals surface area contributed by atoms with Crippen LogP contribution in [-0.4, -0.2) is 23.0 Å². The van der Waals surface area contributed by atoms with Crippen molar-refractivity contribution in [3.05, 3.63) is 59.8 Å². The van der Waals surface area contributed by atoms with E-state index >= 15 is 0 Å². The van der Waals surface area contributed by atoms with Gasteiger partial charge in [0.1, 0.15) is 6.61 Å². The molecule has 2 heterocycles. The molecule has 2 aromatic rings. The summed E-state index contributed by atoms with van der Waals surface area (Å²) in [5.74, 6) is 0.704. The minimum atomic E-state index is 0.539. The number of likely N-dealkylation sites (tertiary alicyclic amines) is 1. The van der Waals surface area contributed by atoms with E-state index in [0.717, 1.165) is 0 Å². The summed E-state index contributed by atoms with van der Waals surface area (Å²) in [5.41, 5.74) is 2.49. The molecule has 122 valence electrons. The number of nitrogens with zero attached hydrogens (tertiary/aromatic N) is 2. The molecular formula is C20H26N2O. The third-order valence-corrected chi connectivity index (χ3v) is 4.54. The maximum absolute atomic E-state index is 5.78. The van der Waals surface area contributed by atoms with Gasteiger partial charge in [0.05, 0.1) is 0 Å². The number of rotatable bonds is 7. The Hall–Kier alpha value is -1.87. The van der Waals surface area contributed by atoms with E-state index in [1.54, 1.807) is 0 Å². The highest BCUT2D eigenvalue weighted by atomic mass is 16.5. The van der Waals surface area contributed by atoms with Gasteiger partial charge in [-0.1, -0.05) is 49.7 Å². The molecule has 1 aliphatic rings. The molecule has 1 aromatic heterocycles. The lowest BCUT2D eigenvalue weighted by Gasteiger charge is -2.24. The van der Waals surface area contributed by atoms with Crippen molar-refractivity contribution in [2.24, 2.45) is 0 Å². The standard InChI is InChI=1S/C20H26N2O/c1-2-3-13-22-14-7-10-19(22)18-11-12-20(21-15-18)23-16-17-8-5-4-6-9-17/h4-6,8-9,11-12,15,19H,2-3,7,10,13-14,16H2,1H3/t19-/m1/s1. The summed E-state index contributed by atoms with van der Waals surface area (Å²) >= 11 is 0. The highest BCUT2D eigenvalue weighted by Gasteiger charge is 2.25. The molecule has 0 radical (unpaired) electrons. The fraction of sp³-hybridized carbons (Fsp3) is 0.450. The molecule has 3 nitrogen and oxygen atoms in total. The Bertz CT molecular complexity index is 582. The number of hydrogen-bond acceptors (Lipinski definition) is 3. The minimum absolute atomic E-state index is 0.539. The third kappa shape index (κ3) is 4.32. The summed E-state index contributed by atoms with van der Waals surface area (Å²) in [7, 11) is 0.